The number of hydrogen-bond donors (Lipinski definition) is 2. The minimum atomic E-state index is -0.332. The van der Waals surface area contributed by atoms with E-state index in [0.717, 1.165) is 17.5 Å². The van der Waals surface area contributed by atoms with Crippen LogP contribution in [0.4, 0.5) is 5.82 Å². The molecule has 0 spiro atoms. The average Bonchev–Trinajstić information content (AvgIpc) is 2.60. The van der Waals surface area contributed by atoms with Crippen molar-refractivity contribution >= 4 is 23.1 Å². The van der Waals surface area contributed by atoms with E-state index in [1.807, 2.05) is 13.8 Å². The van der Waals surface area contributed by atoms with Crippen molar-refractivity contribution in [3.8, 4) is 0 Å². The maximum absolute atomic E-state index is 11.7. The molecule has 1 radical (unpaired) electrons. The molecule has 1 aromatic rings. The summed E-state index contributed by atoms with van der Waals surface area (Å²) in [5.41, 5.74) is 5.46. The maximum Gasteiger partial charge on any atom is 0.352 e. The van der Waals surface area contributed by atoms with E-state index in [-0.39, 0.29) is 38.7 Å². The first-order valence-electron chi connectivity index (χ1n) is 5.52. The number of nitrogens with zero attached hydrogens (tertiary/aromatic N) is 1. The number of rotatable bonds is 6. The van der Waals surface area contributed by atoms with Gasteiger partial charge in [-0.1, -0.05) is 0 Å². The molecule has 5 nitrogen and oxygen atoms in total. The monoisotopic (exact) mass is 345 g/mol. The van der Waals surface area contributed by atoms with E-state index in [4.69, 9.17) is 10.5 Å². The van der Waals surface area contributed by atoms with Crippen LogP contribution in [0.2, 0.25) is 0 Å². The molecule has 0 saturated carbocycles. The summed E-state index contributed by atoms with van der Waals surface area (Å²) in [4.78, 5) is 16.5. The first kappa shape index (κ1) is 18.0. The van der Waals surface area contributed by atoms with Crippen LogP contribution in [0, 0.1) is 13.0 Å². The Labute approximate surface area is 137 Å². The minimum absolute atomic E-state index is 0. The van der Waals surface area contributed by atoms with Gasteiger partial charge in [-0.25, -0.2) is 15.8 Å². The molecule has 0 saturated heterocycles. The third kappa shape index (κ3) is 5.30. The Bertz CT molecular complexity index is 384. The zero-order valence-electron chi connectivity index (χ0n) is 10.9. The van der Waals surface area contributed by atoms with Gasteiger partial charge >= 0.3 is 5.97 Å². The van der Waals surface area contributed by atoms with E-state index < -0.39 is 0 Å². The van der Waals surface area contributed by atoms with E-state index in [9.17, 15) is 4.79 Å². The summed E-state index contributed by atoms with van der Waals surface area (Å²) in [6, 6.07) is 0.989. The summed E-state index contributed by atoms with van der Waals surface area (Å²) < 4.78 is 4.98. The van der Waals surface area contributed by atoms with E-state index in [1.165, 1.54) is 11.3 Å². The molecule has 99 valence electrons. The predicted molar refractivity (Wildman–Crippen MR) is 69.0 cm³/mol. The molecule has 0 aliphatic rings. The molecule has 1 aromatic heterocycles. The van der Waals surface area contributed by atoms with Gasteiger partial charge in [-0.3, -0.25) is 0 Å². The van der Waals surface area contributed by atoms with Crippen molar-refractivity contribution in [3.63, 3.8) is 0 Å². The number of nitrogens with two attached hydrogens (primary N) is 1. The smallest absolute Gasteiger partial charge is 0.352 e. The number of carbonyl (C=O) groups excluding carboxylic acids is 1. The fourth-order valence-corrected chi connectivity index (χ4v) is 2.10. The number of esters is 1. The van der Waals surface area contributed by atoms with Gasteiger partial charge in [0.2, 0.25) is 0 Å². The average molecular weight is 345 g/mol. The number of ether oxygens (including phenoxy) is 1. The number of nitrogens with one attached hydrogen (secondary N) is 1. The molecule has 0 fully saturated rings. The quantitative estimate of drug-likeness (QED) is 0.609. The first-order valence-corrected chi connectivity index (χ1v) is 6.34. The van der Waals surface area contributed by atoms with Gasteiger partial charge in [0.1, 0.15) is 5.82 Å². The van der Waals surface area contributed by atoms with Gasteiger partial charge in [0.15, 0.2) is 4.88 Å². The zero-order chi connectivity index (χ0) is 12.8. The van der Waals surface area contributed by atoms with Crippen molar-refractivity contribution in [2.45, 2.75) is 27.2 Å². The molecule has 1 rings (SSSR count). The summed E-state index contributed by atoms with van der Waals surface area (Å²) in [6.07, 6.45) is 0.749. The van der Waals surface area contributed by atoms with Gasteiger partial charge in [-0.2, -0.15) is 6.92 Å². The van der Waals surface area contributed by atoms with E-state index in [0.29, 0.717) is 23.8 Å². The molecular weight excluding hydrogens is 327 g/mol. The standard InChI is InChI=1S/C11H18N3O2S.Y/c1-4-16-11(15)9-10(14-8(3)17-9)13-7(2)5-6-12;/h13H,4-6,12H2,1-3H3;/q-1;. The van der Waals surface area contributed by atoms with Gasteiger partial charge in [0.25, 0.3) is 0 Å². The molecule has 3 N–H and O–H groups in total. The topological polar surface area (TPSA) is 77.2 Å². The van der Waals surface area contributed by atoms with Crippen LogP contribution in [-0.2, 0) is 37.4 Å². The van der Waals surface area contributed by atoms with Gasteiger partial charge < -0.3 is 15.8 Å². The van der Waals surface area contributed by atoms with Crippen molar-refractivity contribution in [1.82, 2.24) is 4.98 Å². The van der Waals surface area contributed by atoms with Crippen molar-refractivity contribution in [2.75, 3.05) is 18.5 Å². The normalized spacial score (nSPS) is 10.1. The fourth-order valence-electron chi connectivity index (χ4n) is 1.33. The second-order valence-electron chi connectivity index (χ2n) is 3.58. The Morgan fingerprint density at radius 1 is 1.61 bits per heavy atom. The second kappa shape index (κ2) is 8.96. The number of thiazole rings is 1. The molecule has 0 aliphatic heterocycles. The largest absolute Gasteiger partial charge is 0.516 e. The van der Waals surface area contributed by atoms with E-state index in [2.05, 4.69) is 10.3 Å². The Morgan fingerprint density at radius 2 is 2.28 bits per heavy atom. The van der Waals surface area contributed by atoms with Crippen LogP contribution in [0.25, 0.3) is 0 Å². The minimum Gasteiger partial charge on any atom is -0.516 e. The molecular formula is C11H18N3O2SY-. The van der Waals surface area contributed by atoms with Crippen LogP contribution in [0.15, 0.2) is 0 Å². The zero-order valence-corrected chi connectivity index (χ0v) is 14.6. The molecule has 0 aliphatic carbocycles. The van der Waals surface area contributed by atoms with Crippen LogP contribution in [0.1, 0.15) is 34.9 Å². The van der Waals surface area contributed by atoms with E-state index in [1.54, 1.807) is 6.92 Å². The van der Waals surface area contributed by atoms with Crippen molar-refractivity contribution in [2.24, 2.45) is 5.73 Å². The van der Waals surface area contributed by atoms with Crippen molar-refractivity contribution in [3.05, 3.63) is 15.9 Å². The third-order valence-electron chi connectivity index (χ3n) is 2.05. The Hall–Kier alpha value is -0.0361. The Kier molecular flexibility index (Phi) is 8.94. The fraction of sp³-hybridized carbons (Fsp3) is 0.545. The summed E-state index contributed by atoms with van der Waals surface area (Å²) in [6.45, 7) is 6.50. The summed E-state index contributed by atoms with van der Waals surface area (Å²) in [5, 5.41) is 3.94. The van der Waals surface area contributed by atoms with Gasteiger partial charge in [-0.05, 0) is 20.4 Å². The van der Waals surface area contributed by atoms with E-state index >= 15 is 0 Å². The van der Waals surface area contributed by atoms with Crippen LogP contribution in [0.5, 0.6) is 0 Å². The molecule has 0 unspecified atom stereocenters. The van der Waals surface area contributed by atoms with Gasteiger partial charge in [-0.15, -0.1) is 17.8 Å². The number of anilines is 1. The van der Waals surface area contributed by atoms with Gasteiger partial charge in [0, 0.05) is 32.7 Å². The number of hydrogen-bond acceptors (Lipinski definition) is 6. The van der Waals surface area contributed by atoms with Crippen LogP contribution in [0.3, 0.4) is 0 Å². The molecule has 0 amide bonds. The maximum atomic E-state index is 11.7. The predicted octanol–water partition coefficient (Wildman–Crippen LogP) is 1.94. The molecule has 0 aromatic carbocycles. The second-order valence-corrected chi connectivity index (χ2v) is 4.78. The summed E-state index contributed by atoms with van der Waals surface area (Å²) in [5.74, 6) is 0.234. The molecule has 18 heavy (non-hydrogen) atoms. The van der Waals surface area contributed by atoms with Gasteiger partial charge in [0.05, 0.1) is 11.6 Å². The molecule has 1 heterocycles. The number of aryl methyl sites for hydroxylation is 1. The molecule has 7 heteroatoms. The number of carbonyl (C=O) groups is 1. The molecule has 0 atom stereocenters. The number of aromatic nitrogens is 1. The van der Waals surface area contributed by atoms with Crippen molar-refractivity contribution in [1.29, 1.82) is 0 Å². The van der Waals surface area contributed by atoms with Crippen molar-refractivity contribution < 1.29 is 42.2 Å². The van der Waals surface area contributed by atoms with Crippen LogP contribution < -0.4 is 11.1 Å². The Balaban J connectivity index is 0.00000289. The summed E-state index contributed by atoms with van der Waals surface area (Å²) >= 11 is 1.33. The Morgan fingerprint density at radius 3 is 2.83 bits per heavy atom. The SMILES string of the molecule is CCOC(=O)c1sc(C)nc1N[C-](C)CCN.[Y]. The van der Waals surface area contributed by atoms with Crippen LogP contribution >= 0.6 is 11.3 Å². The third-order valence-corrected chi connectivity index (χ3v) is 3.00. The first-order chi connectivity index (χ1) is 8.08. The van der Waals surface area contributed by atoms with Crippen LogP contribution in [-0.4, -0.2) is 24.1 Å². The summed E-state index contributed by atoms with van der Waals surface area (Å²) in [7, 11) is 0. The molecule has 0 bridgehead atoms.